The number of carbonyl (C=O) groups is 1. The van der Waals surface area contributed by atoms with Crippen LogP contribution in [0.15, 0.2) is 97.2 Å². The average molecular weight is 447 g/mol. The van der Waals surface area contributed by atoms with Gasteiger partial charge in [0.05, 0.1) is 29.5 Å². The Kier molecular flexibility index (Phi) is 5.17. The van der Waals surface area contributed by atoms with Crippen LogP contribution >= 0.6 is 0 Å². The number of fused-ring (bicyclic) bond motifs is 3. The first-order valence-electron chi connectivity index (χ1n) is 10.5. The number of para-hydroxylation sites is 2. The minimum atomic E-state index is -4.58. The molecule has 2 amide bonds. The smallest absolute Gasteiger partial charge is 0.318 e. The van der Waals surface area contributed by atoms with E-state index in [9.17, 15) is 18.0 Å². The third kappa shape index (κ3) is 3.86. The number of nitrogens with one attached hydrogen (secondary N) is 1. The monoisotopic (exact) mass is 447 g/mol. The van der Waals surface area contributed by atoms with E-state index in [0.29, 0.717) is 0 Å². The number of halogens is 3. The van der Waals surface area contributed by atoms with Crippen LogP contribution < -0.4 is 5.32 Å². The Morgan fingerprint density at radius 1 is 0.848 bits per heavy atom. The Morgan fingerprint density at radius 3 is 2.33 bits per heavy atom. The summed E-state index contributed by atoms with van der Waals surface area (Å²) in [6.07, 6.45) is -2.65. The zero-order chi connectivity index (χ0) is 23.0. The molecule has 1 aromatic heterocycles. The largest absolute Gasteiger partial charge is 0.418 e. The topological polar surface area (TPSA) is 37.3 Å². The van der Waals surface area contributed by atoms with Crippen LogP contribution in [0.3, 0.4) is 0 Å². The van der Waals surface area contributed by atoms with Crippen molar-refractivity contribution in [3.8, 4) is 5.69 Å². The standard InChI is InChI=1S/C26H20F3N3O/c27-26(28,29)20-12-5-6-13-21(20)30-25(33)32-17-19-11-4-7-14-22(19)31-16-8-15-23(31)24(32)18-9-2-1-3-10-18/h1-16,24H,17H2,(H,30,33)/t24-/m1/s1. The first-order valence-corrected chi connectivity index (χ1v) is 10.5. The number of hydrogen-bond acceptors (Lipinski definition) is 1. The highest BCUT2D eigenvalue weighted by molar-refractivity contribution is 5.91. The summed E-state index contributed by atoms with van der Waals surface area (Å²) >= 11 is 0. The second-order valence-electron chi connectivity index (χ2n) is 7.85. The van der Waals surface area contributed by atoms with Gasteiger partial charge >= 0.3 is 12.2 Å². The molecule has 1 N–H and O–H groups in total. The normalized spacial score (nSPS) is 15.4. The number of nitrogens with zero attached hydrogens (tertiary/aromatic N) is 2. The summed E-state index contributed by atoms with van der Waals surface area (Å²) in [6.45, 7) is 0.234. The molecule has 0 bridgehead atoms. The predicted octanol–water partition coefficient (Wildman–Crippen LogP) is 6.63. The zero-order valence-corrected chi connectivity index (χ0v) is 17.5. The minimum Gasteiger partial charge on any atom is -0.318 e. The zero-order valence-electron chi connectivity index (χ0n) is 17.5. The summed E-state index contributed by atoms with van der Waals surface area (Å²) in [5.41, 5.74) is 2.40. The van der Waals surface area contributed by atoms with Gasteiger partial charge in [-0.3, -0.25) is 0 Å². The van der Waals surface area contributed by atoms with Gasteiger partial charge in [-0.05, 0) is 41.5 Å². The molecule has 3 aromatic carbocycles. The molecule has 1 aliphatic rings. The van der Waals surface area contributed by atoms with Crippen molar-refractivity contribution < 1.29 is 18.0 Å². The van der Waals surface area contributed by atoms with Crippen LogP contribution in [-0.4, -0.2) is 15.5 Å². The molecule has 0 unspecified atom stereocenters. The number of anilines is 1. The van der Waals surface area contributed by atoms with E-state index < -0.39 is 23.8 Å². The fraction of sp³-hybridized carbons (Fsp3) is 0.115. The van der Waals surface area contributed by atoms with Crippen LogP contribution in [0.1, 0.15) is 28.4 Å². The number of benzene rings is 3. The second-order valence-corrected chi connectivity index (χ2v) is 7.85. The molecular formula is C26H20F3N3O. The van der Waals surface area contributed by atoms with E-state index in [1.807, 2.05) is 77.5 Å². The average Bonchev–Trinajstić information content (AvgIpc) is 3.23. The molecule has 1 aliphatic heterocycles. The van der Waals surface area contributed by atoms with Crippen LogP contribution in [0.4, 0.5) is 23.7 Å². The summed E-state index contributed by atoms with van der Waals surface area (Å²) in [4.78, 5) is 15.1. The van der Waals surface area contributed by atoms with Gasteiger partial charge < -0.3 is 14.8 Å². The van der Waals surface area contributed by atoms with E-state index >= 15 is 0 Å². The van der Waals surface area contributed by atoms with E-state index in [1.165, 1.54) is 18.2 Å². The van der Waals surface area contributed by atoms with Gasteiger partial charge in [0.25, 0.3) is 0 Å². The summed E-state index contributed by atoms with van der Waals surface area (Å²) in [7, 11) is 0. The molecule has 33 heavy (non-hydrogen) atoms. The van der Waals surface area contributed by atoms with Gasteiger partial charge in [0.1, 0.15) is 0 Å². The van der Waals surface area contributed by atoms with Gasteiger partial charge in [-0.2, -0.15) is 13.2 Å². The third-order valence-electron chi connectivity index (χ3n) is 5.81. The molecule has 166 valence electrons. The lowest BCUT2D eigenvalue weighted by Gasteiger charge is -2.31. The van der Waals surface area contributed by atoms with Crippen molar-refractivity contribution in [2.45, 2.75) is 18.8 Å². The summed E-state index contributed by atoms with van der Waals surface area (Å²) in [5, 5.41) is 2.53. The molecule has 0 fully saturated rings. The van der Waals surface area contributed by atoms with Gasteiger partial charge in [0, 0.05) is 11.9 Å². The number of rotatable bonds is 2. The van der Waals surface area contributed by atoms with Crippen molar-refractivity contribution in [1.29, 1.82) is 0 Å². The maximum Gasteiger partial charge on any atom is 0.418 e. The summed E-state index contributed by atoms with van der Waals surface area (Å²) in [5.74, 6) is 0. The van der Waals surface area contributed by atoms with E-state index in [1.54, 1.807) is 4.90 Å². The second kappa shape index (κ2) is 8.16. The number of alkyl halides is 3. The van der Waals surface area contributed by atoms with E-state index in [0.717, 1.165) is 28.6 Å². The fourth-order valence-electron chi connectivity index (χ4n) is 4.35. The number of amides is 2. The van der Waals surface area contributed by atoms with E-state index in [4.69, 9.17) is 0 Å². The maximum atomic E-state index is 13.6. The third-order valence-corrected chi connectivity index (χ3v) is 5.81. The molecule has 0 saturated heterocycles. The van der Waals surface area contributed by atoms with Crippen LogP contribution in [-0.2, 0) is 12.7 Å². The molecule has 2 heterocycles. The fourth-order valence-corrected chi connectivity index (χ4v) is 4.35. The van der Waals surface area contributed by atoms with Gasteiger partial charge in [-0.25, -0.2) is 4.79 Å². The molecule has 0 spiro atoms. The first kappa shape index (κ1) is 20.9. The molecular weight excluding hydrogens is 427 g/mol. The van der Waals surface area contributed by atoms with Crippen LogP contribution in [0.5, 0.6) is 0 Å². The van der Waals surface area contributed by atoms with Crippen LogP contribution in [0, 0.1) is 0 Å². The Balaban J connectivity index is 1.62. The lowest BCUT2D eigenvalue weighted by atomic mass is 10.0. The van der Waals surface area contributed by atoms with Crippen molar-refractivity contribution in [3.05, 3.63) is 120 Å². The highest BCUT2D eigenvalue weighted by atomic mass is 19.4. The molecule has 0 aliphatic carbocycles. The Hall–Kier alpha value is -4.00. The number of carbonyl (C=O) groups excluding carboxylic acids is 1. The molecule has 7 heteroatoms. The quantitative estimate of drug-likeness (QED) is 0.368. The van der Waals surface area contributed by atoms with Gasteiger partial charge in [-0.1, -0.05) is 60.7 Å². The lowest BCUT2D eigenvalue weighted by Crippen LogP contribution is -2.38. The summed E-state index contributed by atoms with van der Waals surface area (Å²) in [6, 6.07) is 25.0. The minimum absolute atomic E-state index is 0.234. The SMILES string of the molecule is O=C(Nc1ccccc1C(F)(F)F)N1Cc2ccccc2-n2cccc2[C@H]1c1ccccc1. The Morgan fingerprint density at radius 2 is 1.55 bits per heavy atom. The van der Waals surface area contributed by atoms with E-state index in [-0.39, 0.29) is 12.2 Å². The Labute approximate surface area is 188 Å². The van der Waals surface area contributed by atoms with Crippen molar-refractivity contribution in [1.82, 2.24) is 9.47 Å². The van der Waals surface area contributed by atoms with Gasteiger partial charge in [0.15, 0.2) is 0 Å². The molecule has 4 nitrogen and oxygen atoms in total. The van der Waals surface area contributed by atoms with Crippen LogP contribution in [0.25, 0.3) is 5.69 Å². The number of hydrogen-bond donors (Lipinski definition) is 1. The molecule has 5 rings (SSSR count). The molecule has 4 aromatic rings. The number of urea groups is 1. The van der Waals surface area contributed by atoms with Crippen LogP contribution in [0.2, 0.25) is 0 Å². The van der Waals surface area contributed by atoms with Gasteiger partial charge in [-0.15, -0.1) is 0 Å². The molecule has 0 saturated carbocycles. The lowest BCUT2D eigenvalue weighted by molar-refractivity contribution is -0.136. The molecule has 1 atom stereocenters. The molecule has 0 radical (unpaired) electrons. The van der Waals surface area contributed by atoms with Crippen molar-refractivity contribution in [2.75, 3.05) is 5.32 Å². The van der Waals surface area contributed by atoms with Gasteiger partial charge in [0.2, 0.25) is 0 Å². The first-order chi connectivity index (χ1) is 15.9. The highest BCUT2D eigenvalue weighted by Crippen LogP contribution is 2.38. The van der Waals surface area contributed by atoms with E-state index in [2.05, 4.69) is 5.32 Å². The summed E-state index contributed by atoms with van der Waals surface area (Å²) < 4.78 is 42.6. The Bertz CT molecular complexity index is 1300. The van der Waals surface area contributed by atoms with Crippen molar-refractivity contribution >= 4 is 11.7 Å². The van der Waals surface area contributed by atoms with Crippen molar-refractivity contribution in [2.24, 2.45) is 0 Å². The van der Waals surface area contributed by atoms with Crippen molar-refractivity contribution in [3.63, 3.8) is 0 Å². The number of aromatic nitrogens is 1. The predicted molar refractivity (Wildman–Crippen MR) is 120 cm³/mol. The highest BCUT2D eigenvalue weighted by Gasteiger charge is 2.36. The maximum absolute atomic E-state index is 13.6.